The van der Waals surface area contributed by atoms with Gasteiger partial charge < -0.3 is 15.2 Å². The zero-order valence-corrected chi connectivity index (χ0v) is 14.8. The molecule has 3 rings (SSSR count). The Hall–Kier alpha value is -2.84. The molecule has 0 saturated carbocycles. The van der Waals surface area contributed by atoms with Crippen LogP contribution in [0.4, 0.5) is 18.9 Å². The van der Waals surface area contributed by atoms with E-state index in [0.29, 0.717) is 5.69 Å². The van der Waals surface area contributed by atoms with Gasteiger partial charge in [-0.25, -0.2) is 4.98 Å². The summed E-state index contributed by atoms with van der Waals surface area (Å²) in [5, 5.41) is 4.47. The Balaban J connectivity index is 1.65. The number of nitrogens with zero attached hydrogens (tertiary/aromatic N) is 2. The third-order valence-corrected chi connectivity index (χ3v) is 4.75. The smallest absolute Gasteiger partial charge is 0.344 e. The molecule has 0 bridgehead atoms. The van der Waals surface area contributed by atoms with Crippen LogP contribution in [0, 0.1) is 19.8 Å². The van der Waals surface area contributed by atoms with Crippen LogP contribution in [-0.4, -0.2) is 33.6 Å². The van der Waals surface area contributed by atoms with Gasteiger partial charge in [-0.2, -0.15) is 13.2 Å². The number of carbonyl (C=O) groups excluding carboxylic acids is 2. The average molecular weight is 380 g/mol. The fourth-order valence-corrected chi connectivity index (χ4v) is 3.00. The first kappa shape index (κ1) is 18.9. The summed E-state index contributed by atoms with van der Waals surface area (Å²) in [6.07, 6.45) is -3.27. The molecule has 2 N–H and O–H groups in total. The lowest BCUT2D eigenvalue weighted by Gasteiger charge is -2.29. The second-order valence-corrected chi connectivity index (χ2v) is 6.55. The molecule has 2 aromatic rings. The van der Waals surface area contributed by atoms with Crippen molar-refractivity contribution in [3.63, 3.8) is 0 Å². The molecular weight excluding hydrogens is 361 g/mol. The Morgan fingerprint density at radius 3 is 2.41 bits per heavy atom. The van der Waals surface area contributed by atoms with E-state index in [1.807, 2.05) is 23.7 Å². The van der Waals surface area contributed by atoms with Gasteiger partial charge in [-0.1, -0.05) is 0 Å². The first-order valence-electron chi connectivity index (χ1n) is 8.45. The van der Waals surface area contributed by atoms with Crippen molar-refractivity contribution in [1.82, 2.24) is 14.9 Å². The van der Waals surface area contributed by atoms with Crippen molar-refractivity contribution in [2.24, 2.45) is 5.92 Å². The van der Waals surface area contributed by atoms with Gasteiger partial charge in [0, 0.05) is 17.1 Å². The molecule has 2 amide bonds. The van der Waals surface area contributed by atoms with Gasteiger partial charge in [0.05, 0.1) is 12.0 Å². The number of amides is 2. The van der Waals surface area contributed by atoms with Gasteiger partial charge in [-0.3, -0.25) is 9.59 Å². The van der Waals surface area contributed by atoms with Crippen LogP contribution in [-0.2, 0) is 9.59 Å². The van der Waals surface area contributed by atoms with E-state index in [9.17, 15) is 22.8 Å². The molecule has 1 fully saturated rings. The molecule has 144 valence electrons. The maximum absolute atomic E-state index is 12.7. The third kappa shape index (κ3) is 3.96. The number of imidazole rings is 1. The normalized spacial score (nSPS) is 20.3. The molecular formula is C18H19F3N4O2. The van der Waals surface area contributed by atoms with Gasteiger partial charge in [0.1, 0.15) is 12.0 Å². The van der Waals surface area contributed by atoms with Crippen LogP contribution in [0.2, 0.25) is 0 Å². The molecule has 1 aromatic carbocycles. The lowest BCUT2D eigenvalue weighted by molar-refractivity contribution is -0.170. The average Bonchev–Trinajstić information content (AvgIpc) is 2.94. The minimum absolute atomic E-state index is 0.145. The van der Waals surface area contributed by atoms with Crippen LogP contribution in [0.3, 0.4) is 0 Å². The quantitative estimate of drug-likeness (QED) is 0.804. The molecule has 6 nitrogen and oxygen atoms in total. The van der Waals surface area contributed by atoms with Crippen LogP contribution >= 0.6 is 0 Å². The van der Waals surface area contributed by atoms with Gasteiger partial charge in [0.25, 0.3) is 0 Å². The minimum Gasteiger partial charge on any atom is -0.344 e. The van der Waals surface area contributed by atoms with Crippen molar-refractivity contribution >= 4 is 17.5 Å². The van der Waals surface area contributed by atoms with Crippen LogP contribution in [0.25, 0.3) is 5.69 Å². The number of carbonyl (C=O) groups is 2. The van der Waals surface area contributed by atoms with Gasteiger partial charge in [0.15, 0.2) is 0 Å². The molecule has 0 spiro atoms. The Kier molecular flexibility index (Phi) is 4.95. The minimum atomic E-state index is -4.50. The summed E-state index contributed by atoms with van der Waals surface area (Å²) in [5.74, 6) is -2.65. The number of rotatable bonds is 3. The van der Waals surface area contributed by atoms with E-state index in [4.69, 9.17) is 0 Å². The van der Waals surface area contributed by atoms with E-state index < -0.39 is 30.0 Å². The number of piperidine rings is 1. The van der Waals surface area contributed by atoms with Crippen molar-refractivity contribution in [1.29, 1.82) is 0 Å². The van der Waals surface area contributed by atoms with Gasteiger partial charge in [0.2, 0.25) is 11.8 Å². The van der Waals surface area contributed by atoms with E-state index in [2.05, 4.69) is 10.3 Å². The number of anilines is 1. The highest BCUT2D eigenvalue weighted by atomic mass is 19.4. The van der Waals surface area contributed by atoms with E-state index in [1.54, 1.807) is 30.6 Å². The Morgan fingerprint density at radius 1 is 1.22 bits per heavy atom. The predicted molar refractivity (Wildman–Crippen MR) is 92.4 cm³/mol. The summed E-state index contributed by atoms with van der Waals surface area (Å²) < 4.78 is 39.9. The number of alkyl halides is 3. The zero-order chi connectivity index (χ0) is 19.8. The highest BCUT2D eigenvalue weighted by molar-refractivity contribution is 6.06. The summed E-state index contributed by atoms with van der Waals surface area (Å²) in [5.41, 5.74) is 3.22. The lowest BCUT2D eigenvalue weighted by Crippen LogP contribution is -2.53. The monoisotopic (exact) mass is 380 g/mol. The van der Waals surface area contributed by atoms with E-state index in [1.165, 1.54) is 0 Å². The van der Waals surface area contributed by atoms with E-state index in [-0.39, 0.29) is 12.8 Å². The first-order chi connectivity index (χ1) is 12.7. The maximum atomic E-state index is 12.7. The topological polar surface area (TPSA) is 76.0 Å². The second-order valence-electron chi connectivity index (χ2n) is 6.55. The third-order valence-electron chi connectivity index (χ3n) is 4.75. The molecule has 1 aromatic heterocycles. The summed E-state index contributed by atoms with van der Waals surface area (Å²) in [6, 6.07) is 5.01. The fourth-order valence-electron chi connectivity index (χ4n) is 3.00. The number of hydrogen-bond acceptors (Lipinski definition) is 3. The predicted octanol–water partition coefficient (Wildman–Crippen LogP) is 2.88. The number of hydrogen-bond donors (Lipinski definition) is 2. The fraction of sp³-hybridized carbons (Fsp3) is 0.389. The second kappa shape index (κ2) is 7.05. The number of halogens is 3. The number of nitrogens with one attached hydrogen (secondary N) is 2. The summed E-state index contributed by atoms with van der Waals surface area (Å²) in [7, 11) is 0. The molecule has 0 radical (unpaired) electrons. The summed E-state index contributed by atoms with van der Waals surface area (Å²) in [6.45, 7) is 3.84. The zero-order valence-electron chi connectivity index (χ0n) is 14.8. The number of aromatic nitrogens is 2. The molecule has 2 atom stereocenters. The lowest BCUT2D eigenvalue weighted by atomic mass is 9.92. The number of aryl methyl sites for hydroxylation is 1. The standard InChI is InChI=1S/C18H19F3N4O2/c1-10-11(2)25(9-22-10)13-5-3-12(4-6-13)23-16(26)14-7-8-15(18(19,20)21)24-17(14)27/h3-6,9,14-15H,7-8H2,1-2H3,(H,23,26)(H,24,27). The molecule has 1 saturated heterocycles. The van der Waals surface area contributed by atoms with Crippen LogP contribution < -0.4 is 10.6 Å². The van der Waals surface area contributed by atoms with Crippen LogP contribution in [0.15, 0.2) is 30.6 Å². The molecule has 1 aliphatic rings. The van der Waals surface area contributed by atoms with E-state index in [0.717, 1.165) is 17.1 Å². The molecule has 2 unspecified atom stereocenters. The Labute approximate surface area is 153 Å². The summed E-state index contributed by atoms with van der Waals surface area (Å²) >= 11 is 0. The Morgan fingerprint density at radius 2 is 1.89 bits per heavy atom. The van der Waals surface area contributed by atoms with Gasteiger partial charge >= 0.3 is 6.18 Å². The highest BCUT2D eigenvalue weighted by Crippen LogP contribution is 2.29. The van der Waals surface area contributed by atoms with Crippen molar-refractivity contribution in [3.8, 4) is 5.69 Å². The van der Waals surface area contributed by atoms with E-state index >= 15 is 0 Å². The molecule has 2 heterocycles. The highest BCUT2D eigenvalue weighted by Gasteiger charge is 2.45. The van der Waals surface area contributed by atoms with Crippen molar-refractivity contribution in [2.45, 2.75) is 38.9 Å². The number of benzene rings is 1. The SMILES string of the molecule is Cc1ncn(-c2ccc(NC(=O)C3CCC(C(F)(F)F)NC3=O)cc2)c1C. The Bertz CT molecular complexity index is 858. The molecule has 0 aliphatic carbocycles. The molecule has 9 heteroatoms. The van der Waals surface area contributed by atoms with Gasteiger partial charge in [-0.15, -0.1) is 0 Å². The maximum Gasteiger partial charge on any atom is 0.408 e. The van der Waals surface area contributed by atoms with Crippen molar-refractivity contribution < 1.29 is 22.8 Å². The van der Waals surface area contributed by atoms with Crippen molar-refractivity contribution in [2.75, 3.05) is 5.32 Å². The van der Waals surface area contributed by atoms with Crippen molar-refractivity contribution in [3.05, 3.63) is 42.0 Å². The summed E-state index contributed by atoms with van der Waals surface area (Å²) in [4.78, 5) is 28.4. The first-order valence-corrected chi connectivity index (χ1v) is 8.45. The van der Waals surface area contributed by atoms with Crippen LogP contribution in [0.1, 0.15) is 24.2 Å². The molecule has 27 heavy (non-hydrogen) atoms. The van der Waals surface area contributed by atoms with Gasteiger partial charge in [-0.05, 0) is 51.0 Å². The van der Waals surface area contributed by atoms with Crippen LogP contribution in [0.5, 0.6) is 0 Å². The molecule has 1 aliphatic heterocycles. The largest absolute Gasteiger partial charge is 0.408 e.